The molecule has 2 heterocycles. The number of hydrogen-bond donors (Lipinski definition) is 0. The van der Waals surface area contributed by atoms with Crippen LogP contribution in [0.1, 0.15) is 62.6 Å². The van der Waals surface area contributed by atoms with Crippen molar-refractivity contribution in [1.82, 2.24) is 14.9 Å². The average molecular weight is 335 g/mol. The summed E-state index contributed by atoms with van der Waals surface area (Å²) in [5.74, 6) is -0.233. The third-order valence-electron chi connectivity index (χ3n) is 3.72. The van der Waals surface area contributed by atoms with E-state index in [0.29, 0.717) is 19.7 Å². The van der Waals surface area contributed by atoms with E-state index >= 15 is 0 Å². The van der Waals surface area contributed by atoms with Gasteiger partial charge in [0.1, 0.15) is 5.60 Å². The summed E-state index contributed by atoms with van der Waals surface area (Å²) in [6.07, 6.45) is 4.40. The number of carbonyl (C=O) groups is 2. The number of likely N-dealkylation sites (tertiary alicyclic amines) is 1. The molecule has 1 aliphatic rings. The van der Waals surface area contributed by atoms with Gasteiger partial charge in [-0.05, 0) is 40.5 Å². The van der Waals surface area contributed by atoms with Crippen molar-refractivity contribution in [2.45, 2.75) is 52.1 Å². The molecule has 0 radical (unpaired) electrons. The van der Waals surface area contributed by atoms with E-state index in [1.165, 1.54) is 6.20 Å². The maximum absolute atomic E-state index is 12.1. The molecular weight excluding hydrogens is 310 g/mol. The van der Waals surface area contributed by atoms with Crippen LogP contribution in [0.25, 0.3) is 0 Å². The second kappa shape index (κ2) is 7.59. The van der Waals surface area contributed by atoms with Crippen molar-refractivity contribution in [1.29, 1.82) is 0 Å². The number of aromatic nitrogens is 2. The highest BCUT2D eigenvalue weighted by Crippen LogP contribution is 2.27. The maximum Gasteiger partial charge on any atom is 0.410 e. The van der Waals surface area contributed by atoms with Crippen LogP contribution >= 0.6 is 0 Å². The number of piperidine rings is 1. The summed E-state index contributed by atoms with van der Waals surface area (Å²) in [7, 11) is 0. The Morgan fingerprint density at radius 1 is 1.21 bits per heavy atom. The first-order valence-electron chi connectivity index (χ1n) is 8.27. The largest absolute Gasteiger partial charge is 0.461 e. The van der Waals surface area contributed by atoms with Gasteiger partial charge in [-0.25, -0.2) is 14.6 Å². The van der Waals surface area contributed by atoms with Crippen molar-refractivity contribution < 1.29 is 19.1 Å². The van der Waals surface area contributed by atoms with Crippen LogP contribution in [0.4, 0.5) is 4.79 Å². The molecule has 0 saturated carbocycles. The van der Waals surface area contributed by atoms with Crippen molar-refractivity contribution in [2.75, 3.05) is 19.7 Å². The van der Waals surface area contributed by atoms with Crippen molar-refractivity contribution in [3.05, 3.63) is 23.8 Å². The van der Waals surface area contributed by atoms with Crippen molar-refractivity contribution in [2.24, 2.45) is 0 Å². The van der Waals surface area contributed by atoms with Crippen LogP contribution < -0.4 is 0 Å². The van der Waals surface area contributed by atoms with Gasteiger partial charge in [-0.3, -0.25) is 4.98 Å². The summed E-state index contributed by atoms with van der Waals surface area (Å²) in [4.78, 5) is 33.8. The lowest BCUT2D eigenvalue weighted by Gasteiger charge is -2.33. The zero-order valence-corrected chi connectivity index (χ0v) is 14.7. The van der Waals surface area contributed by atoms with E-state index in [2.05, 4.69) is 9.97 Å². The molecule has 0 aromatic carbocycles. The summed E-state index contributed by atoms with van der Waals surface area (Å²) in [5, 5.41) is 0. The van der Waals surface area contributed by atoms with Crippen molar-refractivity contribution in [3.63, 3.8) is 0 Å². The molecule has 1 amide bonds. The number of carbonyl (C=O) groups excluding carboxylic acids is 2. The summed E-state index contributed by atoms with van der Waals surface area (Å²) in [5.41, 5.74) is 0.571. The van der Waals surface area contributed by atoms with Crippen LogP contribution in [0.5, 0.6) is 0 Å². The minimum absolute atomic E-state index is 0.215. The zero-order chi connectivity index (χ0) is 17.7. The van der Waals surface area contributed by atoms with Crippen LogP contribution in [0.3, 0.4) is 0 Å². The topological polar surface area (TPSA) is 81.6 Å². The minimum Gasteiger partial charge on any atom is -0.461 e. The average Bonchev–Trinajstić information content (AvgIpc) is 2.54. The molecule has 0 N–H and O–H groups in total. The zero-order valence-electron chi connectivity index (χ0n) is 14.7. The first kappa shape index (κ1) is 18.2. The predicted molar refractivity (Wildman–Crippen MR) is 87.8 cm³/mol. The summed E-state index contributed by atoms with van der Waals surface area (Å²) < 4.78 is 10.3. The number of esters is 1. The smallest absolute Gasteiger partial charge is 0.410 e. The van der Waals surface area contributed by atoms with Gasteiger partial charge in [-0.2, -0.15) is 0 Å². The second-order valence-electron chi connectivity index (χ2n) is 6.79. The number of rotatable bonds is 3. The van der Waals surface area contributed by atoms with Crippen LogP contribution in [-0.4, -0.2) is 52.2 Å². The summed E-state index contributed by atoms with van der Waals surface area (Å²) >= 11 is 0. The molecule has 0 atom stereocenters. The SMILES string of the molecule is CCOC(=O)c1cnc(C2CCN(C(=O)OC(C)(C)C)CC2)cn1. The van der Waals surface area contributed by atoms with Gasteiger partial charge < -0.3 is 14.4 Å². The van der Waals surface area contributed by atoms with Crippen molar-refractivity contribution >= 4 is 12.1 Å². The quantitative estimate of drug-likeness (QED) is 0.790. The molecule has 1 aromatic rings. The lowest BCUT2D eigenvalue weighted by molar-refractivity contribution is 0.0203. The molecular formula is C17H25N3O4. The van der Waals surface area contributed by atoms with E-state index in [1.807, 2.05) is 20.8 Å². The fraction of sp³-hybridized carbons (Fsp3) is 0.647. The summed E-state index contributed by atoms with van der Waals surface area (Å²) in [6.45, 7) is 8.89. The molecule has 1 fully saturated rings. The minimum atomic E-state index is -0.484. The monoisotopic (exact) mass is 335 g/mol. The van der Waals surface area contributed by atoms with E-state index in [1.54, 1.807) is 18.0 Å². The molecule has 1 aromatic heterocycles. The third-order valence-corrected chi connectivity index (χ3v) is 3.72. The Morgan fingerprint density at radius 2 is 1.88 bits per heavy atom. The highest BCUT2D eigenvalue weighted by molar-refractivity contribution is 5.86. The maximum atomic E-state index is 12.1. The van der Waals surface area contributed by atoms with Crippen LogP contribution in [-0.2, 0) is 9.47 Å². The van der Waals surface area contributed by atoms with Gasteiger partial charge in [-0.15, -0.1) is 0 Å². The number of amides is 1. The lowest BCUT2D eigenvalue weighted by Crippen LogP contribution is -2.41. The van der Waals surface area contributed by atoms with Gasteiger partial charge >= 0.3 is 12.1 Å². The Labute approximate surface area is 142 Å². The molecule has 0 spiro atoms. The highest BCUT2D eigenvalue weighted by atomic mass is 16.6. The second-order valence-corrected chi connectivity index (χ2v) is 6.79. The Morgan fingerprint density at radius 3 is 2.38 bits per heavy atom. The van der Waals surface area contributed by atoms with Gasteiger partial charge in [0.05, 0.1) is 18.5 Å². The Hall–Kier alpha value is -2.18. The molecule has 1 saturated heterocycles. The fourth-order valence-electron chi connectivity index (χ4n) is 2.54. The fourth-order valence-corrected chi connectivity index (χ4v) is 2.54. The van der Waals surface area contributed by atoms with Gasteiger partial charge in [0, 0.05) is 25.2 Å². The first-order valence-corrected chi connectivity index (χ1v) is 8.27. The molecule has 7 heteroatoms. The molecule has 24 heavy (non-hydrogen) atoms. The van der Waals surface area contributed by atoms with E-state index in [9.17, 15) is 9.59 Å². The predicted octanol–water partition coefficient (Wildman–Crippen LogP) is 2.77. The summed E-state index contributed by atoms with van der Waals surface area (Å²) in [6, 6.07) is 0. The molecule has 0 aliphatic carbocycles. The first-order chi connectivity index (χ1) is 11.3. The molecule has 0 unspecified atom stereocenters. The van der Waals surface area contributed by atoms with Gasteiger partial charge in [-0.1, -0.05) is 0 Å². The van der Waals surface area contributed by atoms with E-state index in [4.69, 9.17) is 9.47 Å². The van der Waals surface area contributed by atoms with Crippen LogP contribution in [0, 0.1) is 0 Å². The highest BCUT2D eigenvalue weighted by Gasteiger charge is 2.28. The van der Waals surface area contributed by atoms with Gasteiger partial charge in [0.2, 0.25) is 0 Å². The van der Waals surface area contributed by atoms with Gasteiger partial charge in [0.15, 0.2) is 5.69 Å². The Kier molecular flexibility index (Phi) is 5.75. The molecule has 0 bridgehead atoms. The molecule has 7 nitrogen and oxygen atoms in total. The van der Waals surface area contributed by atoms with E-state index in [0.717, 1.165) is 18.5 Å². The Balaban J connectivity index is 1.90. The number of ether oxygens (including phenoxy) is 2. The Bertz CT molecular complexity index is 572. The van der Waals surface area contributed by atoms with E-state index in [-0.39, 0.29) is 17.7 Å². The standard InChI is InChI=1S/C17H25N3O4/c1-5-23-15(21)14-11-18-13(10-19-14)12-6-8-20(9-7-12)16(22)24-17(2,3)4/h10-12H,5-9H2,1-4H3. The third kappa shape index (κ3) is 4.91. The van der Waals surface area contributed by atoms with Crippen LogP contribution in [0.15, 0.2) is 12.4 Å². The van der Waals surface area contributed by atoms with Gasteiger partial charge in [0.25, 0.3) is 0 Å². The van der Waals surface area contributed by atoms with E-state index < -0.39 is 11.6 Å². The molecule has 132 valence electrons. The van der Waals surface area contributed by atoms with Crippen LogP contribution in [0.2, 0.25) is 0 Å². The number of nitrogens with zero attached hydrogens (tertiary/aromatic N) is 3. The lowest BCUT2D eigenvalue weighted by atomic mass is 9.94. The molecule has 1 aliphatic heterocycles. The normalized spacial score (nSPS) is 15.9. The molecule has 2 rings (SSSR count). The number of hydrogen-bond acceptors (Lipinski definition) is 6. The van der Waals surface area contributed by atoms with Crippen molar-refractivity contribution in [3.8, 4) is 0 Å².